The molecule has 1 amide bonds. The van der Waals surface area contributed by atoms with Crippen LogP contribution in [0.2, 0.25) is 0 Å². The maximum Gasteiger partial charge on any atom is 0.276 e. The molecule has 1 aromatic rings. The van der Waals surface area contributed by atoms with E-state index in [0.717, 1.165) is 31.3 Å². The van der Waals surface area contributed by atoms with Crippen LogP contribution in [0, 0.1) is 5.92 Å². The van der Waals surface area contributed by atoms with Crippen molar-refractivity contribution in [3.05, 3.63) is 17.5 Å². The van der Waals surface area contributed by atoms with Crippen molar-refractivity contribution in [1.82, 2.24) is 15.0 Å². The molecule has 2 saturated carbocycles. The summed E-state index contributed by atoms with van der Waals surface area (Å²) in [6.45, 7) is 3.04. The van der Waals surface area contributed by atoms with E-state index in [4.69, 9.17) is 4.52 Å². The lowest BCUT2D eigenvalue weighted by atomic mass is 9.83. The number of amides is 1. The number of carbonyl (C=O) groups excluding carboxylic acids is 1. The number of hydrogen-bond donors (Lipinski definition) is 0. The quantitative estimate of drug-likeness (QED) is 0.860. The smallest absolute Gasteiger partial charge is 0.276 e. The van der Waals surface area contributed by atoms with Crippen molar-refractivity contribution in [2.45, 2.75) is 62.9 Å². The monoisotopic (exact) mass is 315 g/mol. The van der Waals surface area contributed by atoms with Crippen LogP contribution < -0.4 is 0 Å². The van der Waals surface area contributed by atoms with Gasteiger partial charge in [0.25, 0.3) is 5.91 Å². The molecule has 4 aliphatic rings. The summed E-state index contributed by atoms with van der Waals surface area (Å²) in [6.07, 6.45) is 8.80. The number of aromatic nitrogens is 1. The highest BCUT2D eigenvalue weighted by Gasteiger charge is 2.43. The van der Waals surface area contributed by atoms with Crippen LogP contribution >= 0.6 is 0 Å². The molecule has 5 heteroatoms. The fourth-order valence-corrected chi connectivity index (χ4v) is 4.60. The minimum Gasteiger partial charge on any atom is -0.360 e. The molecule has 2 saturated heterocycles. The van der Waals surface area contributed by atoms with Gasteiger partial charge < -0.3 is 9.42 Å². The van der Waals surface area contributed by atoms with Gasteiger partial charge in [0.2, 0.25) is 0 Å². The molecule has 0 radical (unpaired) electrons. The number of piperidine rings is 2. The predicted octanol–water partition coefficient (Wildman–Crippen LogP) is 2.64. The molecule has 0 N–H and O–H groups in total. The lowest BCUT2D eigenvalue weighted by molar-refractivity contribution is 0.0170. The van der Waals surface area contributed by atoms with Crippen LogP contribution in [0.5, 0.6) is 0 Å². The predicted molar refractivity (Wildman–Crippen MR) is 85.2 cm³/mol. The van der Waals surface area contributed by atoms with Crippen molar-refractivity contribution in [3.8, 4) is 0 Å². The fraction of sp³-hybridized carbons (Fsp3) is 0.778. The molecule has 1 aromatic heterocycles. The summed E-state index contributed by atoms with van der Waals surface area (Å²) < 4.78 is 5.36. The van der Waals surface area contributed by atoms with E-state index in [1.165, 1.54) is 45.1 Å². The van der Waals surface area contributed by atoms with Crippen LogP contribution in [0.3, 0.4) is 0 Å². The second-order valence-electron chi connectivity index (χ2n) is 7.87. The van der Waals surface area contributed by atoms with Gasteiger partial charge in [0, 0.05) is 37.2 Å². The highest BCUT2D eigenvalue weighted by atomic mass is 16.5. The van der Waals surface area contributed by atoms with Gasteiger partial charge in [0.05, 0.1) is 0 Å². The molecular formula is C18H25N3O2. The number of fused-ring (bicyclic) bond motifs is 1. The average Bonchev–Trinajstić information content (AvgIpc) is 3.52. The molecule has 0 spiro atoms. The minimum atomic E-state index is 0.0719. The maximum atomic E-state index is 12.7. The standard InChI is InChI=1S/C18H25N3O2/c22-18(15-10-17(23-19-15)12-3-4-12)20-9-7-16-13(11-20)2-1-8-21(16)14-5-6-14/h10,12-14,16H,1-9,11H2/t13-,16-/m1/s1. The molecule has 124 valence electrons. The zero-order valence-electron chi connectivity index (χ0n) is 13.6. The zero-order valence-corrected chi connectivity index (χ0v) is 13.6. The van der Waals surface area contributed by atoms with Gasteiger partial charge in [-0.3, -0.25) is 9.69 Å². The second-order valence-corrected chi connectivity index (χ2v) is 7.87. The molecule has 23 heavy (non-hydrogen) atoms. The SMILES string of the molecule is O=C(c1cc(C2CC2)on1)N1CC[C@@H]2[C@H](CCCN2C2CC2)C1. The molecule has 5 rings (SSSR count). The van der Waals surface area contributed by atoms with Gasteiger partial charge in [-0.25, -0.2) is 0 Å². The Bertz CT molecular complexity index is 605. The summed E-state index contributed by atoms with van der Waals surface area (Å²) in [4.78, 5) is 17.5. The third-order valence-electron chi connectivity index (χ3n) is 6.14. The number of nitrogens with zero attached hydrogens (tertiary/aromatic N) is 3. The van der Waals surface area contributed by atoms with Crippen molar-refractivity contribution >= 4 is 5.91 Å². The first-order valence-electron chi connectivity index (χ1n) is 9.31. The summed E-state index contributed by atoms with van der Waals surface area (Å²) >= 11 is 0. The maximum absolute atomic E-state index is 12.7. The van der Waals surface area contributed by atoms with Gasteiger partial charge in [0.1, 0.15) is 5.76 Å². The number of carbonyl (C=O) groups is 1. The number of hydrogen-bond acceptors (Lipinski definition) is 4. The molecule has 0 aromatic carbocycles. The fourth-order valence-electron chi connectivity index (χ4n) is 4.60. The Kier molecular flexibility index (Phi) is 3.25. The minimum absolute atomic E-state index is 0.0719. The van der Waals surface area contributed by atoms with E-state index in [-0.39, 0.29) is 5.91 Å². The van der Waals surface area contributed by atoms with Crippen LogP contribution in [-0.4, -0.2) is 52.6 Å². The summed E-state index contributed by atoms with van der Waals surface area (Å²) in [5.41, 5.74) is 0.514. The Morgan fingerprint density at radius 1 is 1.13 bits per heavy atom. The van der Waals surface area contributed by atoms with Crippen LogP contribution in [0.1, 0.15) is 67.1 Å². The lowest BCUT2D eigenvalue weighted by Crippen LogP contribution is -2.55. The van der Waals surface area contributed by atoms with Crippen LogP contribution in [0.25, 0.3) is 0 Å². The Labute approximate surface area is 137 Å². The van der Waals surface area contributed by atoms with E-state index in [1.54, 1.807) is 0 Å². The molecule has 4 fully saturated rings. The highest BCUT2D eigenvalue weighted by Crippen LogP contribution is 2.41. The van der Waals surface area contributed by atoms with Gasteiger partial charge in [-0.05, 0) is 57.4 Å². The number of rotatable bonds is 3. The van der Waals surface area contributed by atoms with Gasteiger partial charge in [-0.1, -0.05) is 5.16 Å². The summed E-state index contributed by atoms with van der Waals surface area (Å²) in [5, 5.41) is 4.03. The van der Waals surface area contributed by atoms with Crippen LogP contribution in [0.4, 0.5) is 0 Å². The molecule has 5 nitrogen and oxygen atoms in total. The second kappa shape index (κ2) is 5.33. The van der Waals surface area contributed by atoms with E-state index in [2.05, 4.69) is 10.1 Å². The molecule has 2 aliphatic carbocycles. The Morgan fingerprint density at radius 2 is 2.00 bits per heavy atom. The largest absolute Gasteiger partial charge is 0.360 e. The first-order valence-corrected chi connectivity index (χ1v) is 9.31. The summed E-state index contributed by atoms with van der Waals surface area (Å²) in [6, 6.07) is 3.44. The zero-order chi connectivity index (χ0) is 15.4. The van der Waals surface area contributed by atoms with E-state index in [9.17, 15) is 4.79 Å². The molecule has 2 atom stereocenters. The topological polar surface area (TPSA) is 49.6 Å². The first kappa shape index (κ1) is 14.0. The number of likely N-dealkylation sites (tertiary alicyclic amines) is 2. The van der Waals surface area contributed by atoms with Gasteiger partial charge in [-0.15, -0.1) is 0 Å². The van der Waals surface area contributed by atoms with Crippen molar-refractivity contribution in [3.63, 3.8) is 0 Å². The third-order valence-corrected chi connectivity index (χ3v) is 6.14. The van der Waals surface area contributed by atoms with E-state index < -0.39 is 0 Å². The normalized spacial score (nSPS) is 31.9. The Balaban J connectivity index is 1.27. The Hall–Kier alpha value is -1.36. The van der Waals surface area contributed by atoms with Gasteiger partial charge in [-0.2, -0.15) is 0 Å². The van der Waals surface area contributed by atoms with E-state index in [1.807, 2.05) is 11.0 Å². The van der Waals surface area contributed by atoms with Crippen molar-refractivity contribution in [2.24, 2.45) is 5.92 Å². The average molecular weight is 315 g/mol. The van der Waals surface area contributed by atoms with E-state index in [0.29, 0.717) is 23.6 Å². The van der Waals surface area contributed by atoms with Gasteiger partial charge >= 0.3 is 0 Å². The third kappa shape index (κ3) is 2.59. The van der Waals surface area contributed by atoms with Crippen LogP contribution in [-0.2, 0) is 0 Å². The summed E-state index contributed by atoms with van der Waals surface area (Å²) in [5.74, 6) is 2.14. The Morgan fingerprint density at radius 3 is 2.78 bits per heavy atom. The molecular weight excluding hydrogens is 290 g/mol. The molecule has 0 bridgehead atoms. The van der Waals surface area contributed by atoms with E-state index >= 15 is 0 Å². The highest BCUT2D eigenvalue weighted by molar-refractivity contribution is 5.92. The molecule has 2 aliphatic heterocycles. The first-order chi connectivity index (χ1) is 11.3. The van der Waals surface area contributed by atoms with Crippen LogP contribution in [0.15, 0.2) is 10.6 Å². The summed E-state index contributed by atoms with van der Waals surface area (Å²) in [7, 11) is 0. The van der Waals surface area contributed by atoms with Crippen molar-refractivity contribution in [1.29, 1.82) is 0 Å². The lowest BCUT2D eigenvalue weighted by Gasteiger charge is -2.47. The molecule has 0 unspecified atom stereocenters. The van der Waals surface area contributed by atoms with Crippen molar-refractivity contribution < 1.29 is 9.32 Å². The van der Waals surface area contributed by atoms with Gasteiger partial charge in [0.15, 0.2) is 5.69 Å². The van der Waals surface area contributed by atoms with Crippen molar-refractivity contribution in [2.75, 3.05) is 19.6 Å². The molecule has 3 heterocycles.